The average molecular weight is 223 g/mol. The van der Waals surface area contributed by atoms with Crippen molar-refractivity contribution >= 4 is 21.9 Å². The van der Waals surface area contributed by atoms with Gasteiger partial charge in [-0.3, -0.25) is 4.79 Å². The first-order valence-electron chi connectivity index (χ1n) is 3.45. The van der Waals surface area contributed by atoms with Crippen LogP contribution in [0.25, 0.3) is 0 Å². The molecule has 1 fully saturated rings. The van der Waals surface area contributed by atoms with Crippen molar-refractivity contribution in [2.45, 2.75) is 31.4 Å². The number of aliphatic hydroxyl groups is 1. The molecule has 1 heterocycles. The summed E-state index contributed by atoms with van der Waals surface area (Å²) >= 11 is 3.28. The zero-order chi connectivity index (χ0) is 8.65. The van der Waals surface area contributed by atoms with Crippen molar-refractivity contribution in [2.24, 2.45) is 5.41 Å². The third-order valence-corrected chi connectivity index (χ3v) is 3.54. The van der Waals surface area contributed by atoms with Gasteiger partial charge in [-0.15, -0.1) is 0 Å². The van der Waals surface area contributed by atoms with E-state index in [-0.39, 0.29) is 16.2 Å². The summed E-state index contributed by atoms with van der Waals surface area (Å²) in [7, 11) is 0. The maximum Gasteiger partial charge on any atom is 0.308 e. The van der Waals surface area contributed by atoms with Crippen molar-refractivity contribution in [2.75, 3.05) is 0 Å². The predicted molar refractivity (Wildman–Crippen MR) is 43.2 cm³/mol. The number of alkyl halides is 1. The van der Waals surface area contributed by atoms with Gasteiger partial charge >= 0.3 is 5.97 Å². The predicted octanol–water partition coefficient (Wildman–Crippen LogP) is 1.04. The van der Waals surface area contributed by atoms with Gasteiger partial charge in [-0.05, 0) is 5.41 Å². The highest BCUT2D eigenvalue weighted by atomic mass is 79.9. The minimum atomic E-state index is -1.01. The maximum atomic E-state index is 10.8. The van der Waals surface area contributed by atoms with Crippen molar-refractivity contribution in [3.05, 3.63) is 0 Å². The first kappa shape index (κ1) is 9.00. The summed E-state index contributed by atoms with van der Waals surface area (Å²) < 4.78 is 4.60. The van der Waals surface area contributed by atoms with E-state index in [4.69, 9.17) is 0 Å². The molecule has 1 aliphatic rings. The van der Waals surface area contributed by atoms with Crippen LogP contribution in [-0.4, -0.2) is 22.2 Å². The van der Waals surface area contributed by atoms with Gasteiger partial charge in [0.15, 0.2) is 0 Å². The van der Waals surface area contributed by atoms with Gasteiger partial charge in [0.05, 0.1) is 11.2 Å². The standard InChI is InChI=1S/C7H11BrO3/c1-7(2)3-4(9)11-6(10)5(7)8/h5-6,10H,3H2,1-2H3/t5-,6+/m0/s1. The summed E-state index contributed by atoms with van der Waals surface area (Å²) in [6.07, 6.45) is -0.661. The molecule has 1 saturated heterocycles. The number of carbonyl (C=O) groups is 1. The zero-order valence-corrected chi connectivity index (χ0v) is 8.09. The Morgan fingerprint density at radius 2 is 2.27 bits per heavy atom. The van der Waals surface area contributed by atoms with Crippen LogP contribution in [0.3, 0.4) is 0 Å². The lowest BCUT2D eigenvalue weighted by molar-refractivity contribution is -0.184. The minimum Gasteiger partial charge on any atom is -0.435 e. The molecule has 0 aromatic heterocycles. The van der Waals surface area contributed by atoms with Crippen LogP contribution in [0.4, 0.5) is 0 Å². The summed E-state index contributed by atoms with van der Waals surface area (Å²) in [6, 6.07) is 0. The number of ether oxygens (including phenoxy) is 1. The topological polar surface area (TPSA) is 46.5 Å². The van der Waals surface area contributed by atoms with Crippen LogP contribution in [0.2, 0.25) is 0 Å². The van der Waals surface area contributed by atoms with Crippen LogP contribution >= 0.6 is 15.9 Å². The van der Waals surface area contributed by atoms with E-state index in [1.54, 1.807) is 0 Å². The second kappa shape index (κ2) is 2.75. The molecular weight excluding hydrogens is 212 g/mol. The molecule has 11 heavy (non-hydrogen) atoms. The number of esters is 1. The third kappa shape index (κ3) is 1.73. The lowest BCUT2D eigenvalue weighted by atomic mass is 9.84. The Kier molecular flexibility index (Phi) is 2.25. The van der Waals surface area contributed by atoms with E-state index >= 15 is 0 Å². The smallest absolute Gasteiger partial charge is 0.308 e. The van der Waals surface area contributed by atoms with E-state index in [9.17, 15) is 9.90 Å². The molecule has 4 heteroatoms. The molecule has 2 atom stereocenters. The van der Waals surface area contributed by atoms with E-state index in [0.29, 0.717) is 6.42 Å². The molecule has 1 rings (SSSR count). The van der Waals surface area contributed by atoms with Crippen LogP contribution in [0, 0.1) is 5.41 Å². The Morgan fingerprint density at radius 1 is 1.73 bits per heavy atom. The Bertz CT molecular complexity index is 179. The number of carbonyl (C=O) groups excluding carboxylic acids is 1. The fraction of sp³-hybridized carbons (Fsp3) is 0.857. The van der Waals surface area contributed by atoms with E-state index < -0.39 is 6.29 Å². The summed E-state index contributed by atoms with van der Waals surface area (Å²) in [5.74, 6) is -0.335. The Labute approximate surface area is 73.9 Å². The molecule has 0 aromatic carbocycles. The average Bonchev–Trinajstić information content (AvgIpc) is 1.81. The van der Waals surface area contributed by atoms with Crippen molar-refractivity contribution in [1.82, 2.24) is 0 Å². The number of hydrogen-bond donors (Lipinski definition) is 1. The van der Waals surface area contributed by atoms with Gasteiger partial charge in [0.2, 0.25) is 6.29 Å². The molecule has 0 aliphatic carbocycles. The zero-order valence-electron chi connectivity index (χ0n) is 6.50. The molecule has 3 nitrogen and oxygen atoms in total. The third-order valence-electron chi connectivity index (χ3n) is 1.85. The number of hydrogen-bond acceptors (Lipinski definition) is 3. The van der Waals surface area contributed by atoms with E-state index in [1.165, 1.54) is 0 Å². The summed E-state index contributed by atoms with van der Waals surface area (Å²) in [4.78, 5) is 10.7. The van der Waals surface area contributed by atoms with Gasteiger partial charge in [0, 0.05) is 0 Å². The van der Waals surface area contributed by atoms with E-state index in [2.05, 4.69) is 20.7 Å². The maximum absolute atomic E-state index is 10.8. The molecule has 1 N–H and O–H groups in total. The van der Waals surface area contributed by atoms with Gasteiger partial charge in [-0.25, -0.2) is 0 Å². The molecular formula is C7H11BrO3. The minimum absolute atomic E-state index is 0.173. The summed E-state index contributed by atoms with van der Waals surface area (Å²) in [5, 5.41) is 9.19. The Hall–Kier alpha value is -0.0900. The van der Waals surface area contributed by atoms with Crippen molar-refractivity contribution < 1.29 is 14.6 Å². The van der Waals surface area contributed by atoms with Crippen LogP contribution in [0.15, 0.2) is 0 Å². The quantitative estimate of drug-likeness (QED) is 0.493. The van der Waals surface area contributed by atoms with Crippen molar-refractivity contribution in [3.63, 3.8) is 0 Å². The van der Waals surface area contributed by atoms with Gasteiger partial charge in [0.1, 0.15) is 0 Å². The Balaban J connectivity index is 2.75. The molecule has 0 saturated carbocycles. The molecule has 64 valence electrons. The van der Waals surface area contributed by atoms with Crippen LogP contribution in [0.5, 0.6) is 0 Å². The largest absolute Gasteiger partial charge is 0.435 e. The molecule has 0 spiro atoms. The van der Waals surface area contributed by atoms with Crippen molar-refractivity contribution in [1.29, 1.82) is 0 Å². The fourth-order valence-corrected chi connectivity index (χ4v) is 1.36. The molecule has 1 aliphatic heterocycles. The number of cyclic esters (lactones) is 1. The highest BCUT2D eigenvalue weighted by Gasteiger charge is 2.41. The lowest BCUT2D eigenvalue weighted by Crippen LogP contribution is -2.44. The first-order valence-corrected chi connectivity index (χ1v) is 4.37. The normalized spacial score (nSPS) is 36.5. The number of aliphatic hydroxyl groups excluding tert-OH is 1. The highest BCUT2D eigenvalue weighted by molar-refractivity contribution is 9.09. The van der Waals surface area contributed by atoms with Gasteiger partial charge in [0.25, 0.3) is 0 Å². The van der Waals surface area contributed by atoms with Crippen LogP contribution in [0.1, 0.15) is 20.3 Å². The lowest BCUT2D eigenvalue weighted by Gasteiger charge is -2.36. The summed E-state index contributed by atoms with van der Waals surface area (Å²) in [6.45, 7) is 3.83. The van der Waals surface area contributed by atoms with Gasteiger partial charge < -0.3 is 9.84 Å². The first-order chi connectivity index (χ1) is 4.93. The monoisotopic (exact) mass is 222 g/mol. The van der Waals surface area contributed by atoms with E-state index in [0.717, 1.165) is 0 Å². The second-order valence-electron chi connectivity index (χ2n) is 3.45. The highest BCUT2D eigenvalue weighted by Crippen LogP contribution is 2.37. The fourth-order valence-electron chi connectivity index (χ4n) is 1.09. The number of rotatable bonds is 0. The molecule has 0 unspecified atom stereocenters. The second-order valence-corrected chi connectivity index (χ2v) is 4.43. The SMILES string of the molecule is CC1(C)CC(=O)O[C@@H](O)[C@@H]1Br. The number of halogens is 1. The molecule has 0 aromatic rings. The van der Waals surface area contributed by atoms with Crippen LogP contribution in [-0.2, 0) is 9.53 Å². The van der Waals surface area contributed by atoms with Gasteiger partial charge in [-0.2, -0.15) is 0 Å². The molecule has 0 bridgehead atoms. The van der Waals surface area contributed by atoms with Crippen molar-refractivity contribution in [3.8, 4) is 0 Å². The van der Waals surface area contributed by atoms with Gasteiger partial charge in [-0.1, -0.05) is 29.8 Å². The molecule has 0 radical (unpaired) electrons. The Morgan fingerprint density at radius 3 is 2.73 bits per heavy atom. The van der Waals surface area contributed by atoms with Crippen LogP contribution < -0.4 is 0 Å². The van der Waals surface area contributed by atoms with E-state index in [1.807, 2.05) is 13.8 Å². The molecule has 0 amide bonds. The summed E-state index contributed by atoms with van der Waals surface area (Å²) in [5.41, 5.74) is -0.227.